The molecule has 2 aromatic rings. The lowest BCUT2D eigenvalue weighted by atomic mass is 10.1. The van der Waals surface area contributed by atoms with Crippen LogP contribution in [-0.4, -0.2) is 40.5 Å². The van der Waals surface area contributed by atoms with Crippen LogP contribution < -0.4 is 19.9 Å². The molecule has 146 valence electrons. The zero-order chi connectivity index (χ0) is 19.8. The first kappa shape index (κ1) is 20.9. The van der Waals surface area contributed by atoms with Crippen molar-refractivity contribution in [2.24, 2.45) is 5.73 Å². The van der Waals surface area contributed by atoms with Gasteiger partial charge in [0, 0.05) is 11.8 Å². The summed E-state index contributed by atoms with van der Waals surface area (Å²) >= 11 is 1.62. The van der Waals surface area contributed by atoms with Gasteiger partial charge in [0.15, 0.2) is 0 Å². The number of hydrogen-bond acceptors (Lipinski definition) is 7. The Labute approximate surface area is 163 Å². The van der Waals surface area contributed by atoms with Crippen molar-refractivity contribution < 1.29 is 23.7 Å². The predicted octanol–water partition coefficient (Wildman–Crippen LogP) is 3.05. The molecule has 0 aliphatic heterocycles. The number of rotatable bonds is 9. The number of nitrogens with two attached hydrogens (primary N) is 1. The van der Waals surface area contributed by atoms with Gasteiger partial charge in [-0.05, 0) is 35.7 Å². The summed E-state index contributed by atoms with van der Waals surface area (Å²) in [6, 6.07) is 10.8. The minimum atomic E-state index is -0.757. The van der Waals surface area contributed by atoms with Gasteiger partial charge >= 0.3 is 5.97 Å². The first-order chi connectivity index (χ1) is 13.0. The van der Waals surface area contributed by atoms with Crippen LogP contribution in [0.3, 0.4) is 0 Å². The Morgan fingerprint density at radius 3 is 2.22 bits per heavy atom. The summed E-state index contributed by atoms with van der Waals surface area (Å²) in [5.41, 5.74) is 7.99. The van der Waals surface area contributed by atoms with Crippen LogP contribution in [0.1, 0.15) is 11.1 Å². The van der Waals surface area contributed by atoms with Gasteiger partial charge in [-0.2, -0.15) is 0 Å². The van der Waals surface area contributed by atoms with E-state index >= 15 is 0 Å². The van der Waals surface area contributed by atoms with Crippen LogP contribution in [0, 0.1) is 0 Å². The first-order valence-electron chi connectivity index (χ1n) is 8.36. The Bertz CT molecular complexity index is 764. The lowest BCUT2D eigenvalue weighted by molar-refractivity contribution is -0.142. The van der Waals surface area contributed by atoms with E-state index in [2.05, 4.69) is 0 Å². The summed E-state index contributed by atoms with van der Waals surface area (Å²) in [6.45, 7) is 0. The summed E-state index contributed by atoms with van der Waals surface area (Å²) < 4.78 is 20.8. The maximum Gasteiger partial charge on any atom is 0.322 e. The number of thioether (sulfide) groups is 1. The predicted molar refractivity (Wildman–Crippen MR) is 106 cm³/mol. The van der Waals surface area contributed by atoms with Crippen molar-refractivity contribution >= 4 is 17.7 Å². The van der Waals surface area contributed by atoms with E-state index in [-0.39, 0.29) is 0 Å². The topological polar surface area (TPSA) is 80.0 Å². The Morgan fingerprint density at radius 1 is 1.00 bits per heavy atom. The molecule has 0 fully saturated rings. The van der Waals surface area contributed by atoms with Gasteiger partial charge in [-0.1, -0.05) is 12.1 Å². The standard InChI is InChI=1S/C20H25NO5S/c1-23-15-7-5-13(6-8-15)12-27-19-14(10-17(21)20(22)26-4)9-16(24-2)11-18(19)25-3/h5-9,11,17H,10,12,21H2,1-4H3/t17-/m0/s1. The average Bonchev–Trinajstić information content (AvgIpc) is 2.71. The SMILES string of the molecule is COC(=O)[C@@H](N)Cc1cc(OC)cc(OC)c1SCc1ccc(OC)cc1. The highest BCUT2D eigenvalue weighted by atomic mass is 32.2. The van der Waals surface area contributed by atoms with Crippen molar-refractivity contribution in [2.75, 3.05) is 28.4 Å². The number of benzene rings is 2. The molecule has 0 spiro atoms. The minimum Gasteiger partial charge on any atom is -0.497 e. The first-order valence-corrected chi connectivity index (χ1v) is 9.35. The second-order valence-electron chi connectivity index (χ2n) is 5.79. The molecule has 0 radical (unpaired) electrons. The van der Waals surface area contributed by atoms with Gasteiger partial charge in [-0.3, -0.25) is 4.79 Å². The zero-order valence-corrected chi connectivity index (χ0v) is 16.8. The van der Waals surface area contributed by atoms with Crippen molar-refractivity contribution in [3.8, 4) is 17.2 Å². The Morgan fingerprint density at radius 2 is 1.67 bits per heavy atom. The van der Waals surface area contributed by atoms with Gasteiger partial charge in [0.05, 0.1) is 33.3 Å². The van der Waals surface area contributed by atoms with Crippen molar-refractivity contribution in [2.45, 2.75) is 23.1 Å². The number of carbonyl (C=O) groups excluding carboxylic acids is 1. The quantitative estimate of drug-likeness (QED) is 0.520. The number of hydrogen-bond donors (Lipinski definition) is 1. The van der Waals surface area contributed by atoms with Crippen LogP contribution in [-0.2, 0) is 21.7 Å². The van der Waals surface area contributed by atoms with Crippen LogP contribution in [0.15, 0.2) is 41.3 Å². The molecule has 0 aromatic heterocycles. The normalized spacial score (nSPS) is 11.6. The van der Waals surface area contributed by atoms with Crippen LogP contribution in [0.5, 0.6) is 17.2 Å². The smallest absolute Gasteiger partial charge is 0.322 e. The largest absolute Gasteiger partial charge is 0.497 e. The molecule has 0 saturated carbocycles. The third kappa shape index (κ3) is 5.55. The zero-order valence-electron chi connectivity index (χ0n) is 16.0. The summed E-state index contributed by atoms with van der Waals surface area (Å²) in [7, 11) is 6.16. The molecule has 2 aromatic carbocycles. The van der Waals surface area contributed by atoms with Crippen LogP contribution >= 0.6 is 11.8 Å². The molecular weight excluding hydrogens is 366 g/mol. The highest BCUT2D eigenvalue weighted by Gasteiger charge is 2.20. The van der Waals surface area contributed by atoms with Gasteiger partial charge in [-0.25, -0.2) is 0 Å². The van der Waals surface area contributed by atoms with Crippen LogP contribution in [0.25, 0.3) is 0 Å². The van der Waals surface area contributed by atoms with E-state index in [1.165, 1.54) is 7.11 Å². The molecule has 0 heterocycles. The van der Waals surface area contributed by atoms with Gasteiger partial charge in [0.2, 0.25) is 0 Å². The number of ether oxygens (including phenoxy) is 4. The maximum atomic E-state index is 11.7. The molecular formula is C20H25NO5S. The summed E-state index contributed by atoms with van der Waals surface area (Å²) in [5, 5.41) is 0. The van der Waals surface area contributed by atoms with Crippen molar-refractivity contribution in [3.05, 3.63) is 47.5 Å². The molecule has 2 N–H and O–H groups in total. The molecule has 1 atom stereocenters. The molecule has 0 aliphatic rings. The maximum absolute atomic E-state index is 11.7. The van der Waals surface area contributed by atoms with E-state index < -0.39 is 12.0 Å². The van der Waals surface area contributed by atoms with E-state index in [0.717, 1.165) is 27.5 Å². The Kier molecular flexibility index (Phi) is 7.82. The third-order valence-corrected chi connectivity index (χ3v) is 5.28. The fraction of sp³-hybridized carbons (Fsp3) is 0.350. The van der Waals surface area contributed by atoms with E-state index in [4.69, 9.17) is 24.7 Å². The van der Waals surface area contributed by atoms with Gasteiger partial charge in [0.1, 0.15) is 23.3 Å². The van der Waals surface area contributed by atoms with E-state index in [9.17, 15) is 4.79 Å². The van der Waals surface area contributed by atoms with Crippen LogP contribution in [0.4, 0.5) is 0 Å². The molecule has 0 aliphatic carbocycles. The van der Waals surface area contributed by atoms with E-state index in [0.29, 0.717) is 17.9 Å². The molecule has 6 nitrogen and oxygen atoms in total. The fourth-order valence-electron chi connectivity index (χ4n) is 2.57. The Hall–Kier alpha value is -2.38. The second-order valence-corrected chi connectivity index (χ2v) is 6.77. The molecule has 7 heteroatoms. The van der Waals surface area contributed by atoms with Gasteiger partial charge in [-0.15, -0.1) is 11.8 Å². The Balaban J connectivity index is 2.28. The van der Waals surface area contributed by atoms with Crippen molar-refractivity contribution in [1.29, 1.82) is 0 Å². The van der Waals surface area contributed by atoms with Gasteiger partial charge < -0.3 is 24.7 Å². The molecule has 0 amide bonds. The number of carbonyl (C=O) groups is 1. The van der Waals surface area contributed by atoms with Crippen molar-refractivity contribution in [1.82, 2.24) is 0 Å². The van der Waals surface area contributed by atoms with Crippen LogP contribution in [0.2, 0.25) is 0 Å². The third-order valence-electron chi connectivity index (χ3n) is 4.05. The lowest BCUT2D eigenvalue weighted by Gasteiger charge is -2.17. The fourth-order valence-corrected chi connectivity index (χ4v) is 3.68. The number of esters is 1. The molecule has 0 bridgehead atoms. The minimum absolute atomic E-state index is 0.325. The highest BCUT2D eigenvalue weighted by Crippen LogP contribution is 2.38. The van der Waals surface area contributed by atoms with E-state index in [1.54, 1.807) is 33.1 Å². The highest BCUT2D eigenvalue weighted by molar-refractivity contribution is 7.98. The summed E-state index contributed by atoms with van der Waals surface area (Å²) in [5.74, 6) is 2.42. The second kappa shape index (κ2) is 10.1. The van der Waals surface area contributed by atoms with Crippen molar-refractivity contribution in [3.63, 3.8) is 0 Å². The monoisotopic (exact) mass is 391 g/mol. The summed E-state index contributed by atoms with van der Waals surface area (Å²) in [6.07, 6.45) is 0.325. The number of methoxy groups -OCH3 is 4. The van der Waals surface area contributed by atoms with Gasteiger partial charge in [0.25, 0.3) is 0 Å². The molecule has 27 heavy (non-hydrogen) atoms. The molecule has 2 rings (SSSR count). The lowest BCUT2D eigenvalue weighted by Crippen LogP contribution is -2.33. The summed E-state index contributed by atoms with van der Waals surface area (Å²) in [4.78, 5) is 12.7. The van der Waals surface area contributed by atoms with E-state index in [1.807, 2.05) is 36.4 Å². The molecule has 0 saturated heterocycles. The average molecular weight is 391 g/mol. The molecule has 0 unspecified atom stereocenters.